The van der Waals surface area contributed by atoms with E-state index in [0.29, 0.717) is 21.1 Å². The van der Waals surface area contributed by atoms with Gasteiger partial charge in [0.05, 0.1) is 17.0 Å². The number of nitrogens with zero attached hydrogens (tertiary/aromatic N) is 2. The summed E-state index contributed by atoms with van der Waals surface area (Å²) in [5, 5.41) is 20.5. The van der Waals surface area contributed by atoms with Crippen molar-refractivity contribution in [2.45, 2.75) is 6.42 Å². The van der Waals surface area contributed by atoms with Gasteiger partial charge in [0.2, 0.25) is 0 Å². The minimum absolute atomic E-state index is 0.000742. The van der Waals surface area contributed by atoms with Gasteiger partial charge in [-0.3, -0.25) is 14.9 Å². The van der Waals surface area contributed by atoms with Crippen molar-refractivity contribution < 1.29 is 14.8 Å². The number of nitro groups is 1. The Kier molecular flexibility index (Phi) is 4.91. The third kappa shape index (κ3) is 3.92. The van der Waals surface area contributed by atoms with Crippen LogP contribution in [0.15, 0.2) is 53.0 Å². The predicted molar refractivity (Wildman–Crippen MR) is 98.7 cm³/mol. The first-order valence-electron chi connectivity index (χ1n) is 7.16. The predicted octanol–water partition coefficient (Wildman–Crippen LogP) is 4.77. The molecule has 0 saturated carbocycles. The fourth-order valence-electron chi connectivity index (χ4n) is 2.29. The minimum Gasteiger partial charge on any atom is -0.481 e. The van der Waals surface area contributed by atoms with E-state index in [0.717, 1.165) is 10.0 Å². The van der Waals surface area contributed by atoms with E-state index in [1.807, 2.05) is 24.3 Å². The molecule has 0 unspecified atom stereocenters. The van der Waals surface area contributed by atoms with Crippen molar-refractivity contribution in [2.75, 3.05) is 0 Å². The molecule has 0 bridgehead atoms. The summed E-state index contributed by atoms with van der Waals surface area (Å²) in [6.07, 6.45) is -0.129. The molecule has 0 fully saturated rings. The van der Waals surface area contributed by atoms with Gasteiger partial charge in [0, 0.05) is 32.6 Å². The summed E-state index contributed by atoms with van der Waals surface area (Å²) in [5.74, 6) is -0.933. The molecule has 8 heteroatoms. The Balaban J connectivity index is 2.04. The van der Waals surface area contributed by atoms with Crippen molar-refractivity contribution in [1.29, 1.82) is 0 Å². The molecule has 0 spiro atoms. The van der Waals surface area contributed by atoms with E-state index in [1.54, 1.807) is 12.1 Å². The van der Waals surface area contributed by atoms with Gasteiger partial charge in [-0.1, -0.05) is 28.1 Å². The molecular weight excluding hydrogens is 408 g/mol. The summed E-state index contributed by atoms with van der Waals surface area (Å²) in [6.45, 7) is 0. The first kappa shape index (κ1) is 17.2. The Bertz CT molecular complexity index is 936. The molecule has 25 heavy (non-hydrogen) atoms. The Morgan fingerprint density at radius 1 is 1.12 bits per heavy atom. The van der Waals surface area contributed by atoms with Crippen LogP contribution < -0.4 is 0 Å². The Morgan fingerprint density at radius 2 is 1.72 bits per heavy atom. The number of hydrogen-bond donors (Lipinski definition) is 1. The molecule has 0 aliphatic rings. The zero-order chi connectivity index (χ0) is 18.0. The number of halogens is 1. The number of benzene rings is 2. The van der Waals surface area contributed by atoms with Crippen LogP contribution >= 0.6 is 27.3 Å². The van der Waals surface area contributed by atoms with E-state index in [1.165, 1.54) is 23.5 Å². The second-order valence-electron chi connectivity index (χ2n) is 5.17. The number of hydrogen-bond acceptors (Lipinski definition) is 5. The van der Waals surface area contributed by atoms with Gasteiger partial charge in [0.25, 0.3) is 5.69 Å². The highest BCUT2D eigenvalue weighted by molar-refractivity contribution is 9.10. The maximum Gasteiger partial charge on any atom is 0.308 e. The fourth-order valence-corrected chi connectivity index (χ4v) is 3.64. The SMILES string of the molecule is O=C(O)Cc1sc(-c2ccc([N+](=O)[O-])cc2)nc1-c1ccc(Br)cc1. The second-order valence-corrected chi connectivity index (χ2v) is 7.17. The largest absolute Gasteiger partial charge is 0.481 e. The number of nitro benzene ring substituents is 1. The molecule has 1 heterocycles. The summed E-state index contributed by atoms with van der Waals surface area (Å²) >= 11 is 4.65. The first-order valence-corrected chi connectivity index (χ1v) is 8.77. The zero-order valence-corrected chi connectivity index (χ0v) is 15.1. The maximum absolute atomic E-state index is 11.2. The molecule has 0 radical (unpaired) electrons. The lowest BCUT2D eigenvalue weighted by molar-refractivity contribution is -0.384. The molecule has 3 aromatic rings. The fraction of sp³-hybridized carbons (Fsp3) is 0.0588. The van der Waals surface area contributed by atoms with Gasteiger partial charge in [-0.25, -0.2) is 4.98 Å². The smallest absolute Gasteiger partial charge is 0.308 e. The van der Waals surface area contributed by atoms with E-state index in [9.17, 15) is 14.9 Å². The highest BCUT2D eigenvalue weighted by Crippen LogP contribution is 2.35. The molecular formula is C17H11BrN2O4S. The van der Waals surface area contributed by atoms with Gasteiger partial charge in [-0.2, -0.15) is 0 Å². The number of carboxylic acid groups (broad SMARTS) is 1. The number of carbonyl (C=O) groups is 1. The first-order chi connectivity index (χ1) is 11.9. The van der Waals surface area contributed by atoms with Gasteiger partial charge in [0.1, 0.15) is 5.01 Å². The van der Waals surface area contributed by atoms with Crippen LogP contribution in [0.1, 0.15) is 4.88 Å². The lowest BCUT2D eigenvalue weighted by Gasteiger charge is -2.00. The number of aromatic nitrogens is 1. The normalized spacial score (nSPS) is 10.6. The Morgan fingerprint density at radius 3 is 2.28 bits per heavy atom. The van der Waals surface area contributed by atoms with Gasteiger partial charge in [-0.15, -0.1) is 11.3 Å². The summed E-state index contributed by atoms with van der Waals surface area (Å²) < 4.78 is 0.918. The minimum atomic E-state index is -0.933. The third-order valence-electron chi connectivity index (χ3n) is 3.45. The van der Waals surface area contributed by atoms with Crippen molar-refractivity contribution in [3.05, 3.63) is 68.0 Å². The van der Waals surface area contributed by atoms with Crippen LogP contribution in [0.4, 0.5) is 5.69 Å². The van der Waals surface area contributed by atoms with Crippen LogP contribution in [0.3, 0.4) is 0 Å². The van der Waals surface area contributed by atoms with E-state index in [2.05, 4.69) is 20.9 Å². The van der Waals surface area contributed by atoms with Crippen molar-refractivity contribution in [3.8, 4) is 21.8 Å². The average molecular weight is 419 g/mol. The highest BCUT2D eigenvalue weighted by atomic mass is 79.9. The lowest BCUT2D eigenvalue weighted by atomic mass is 10.1. The Hall–Kier alpha value is -2.58. The number of thiazole rings is 1. The second kappa shape index (κ2) is 7.12. The van der Waals surface area contributed by atoms with Crippen molar-refractivity contribution in [1.82, 2.24) is 4.98 Å². The molecule has 0 atom stereocenters. The number of aliphatic carboxylic acids is 1. The quantitative estimate of drug-likeness (QED) is 0.475. The van der Waals surface area contributed by atoms with E-state index >= 15 is 0 Å². The van der Waals surface area contributed by atoms with Crippen LogP contribution in [0.25, 0.3) is 21.8 Å². The molecule has 0 amide bonds. The number of non-ortho nitro benzene ring substituents is 1. The number of rotatable bonds is 5. The van der Waals surface area contributed by atoms with E-state index in [-0.39, 0.29) is 12.1 Å². The molecule has 126 valence electrons. The molecule has 0 saturated heterocycles. The molecule has 0 aliphatic carbocycles. The van der Waals surface area contributed by atoms with Crippen LogP contribution in [-0.2, 0) is 11.2 Å². The summed E-state index contributed by atoms with van der Waals surface area (Å²) in [4.78, 5) is 26.7. The summed E-state index contributed by atoms with van der Waals surface area (Å²) in [7, 11) is 0. The van der Waals surface area contributed by atoms with Gasteiger partial charge >= 0.3 is 5.97 Å². The van der Waals surface area contributed by atoms with Crippen LogP contribution in [0, 0.1) is 10.1 Å². The van der Waals surface area contributed by atoms with Gasteiger partial charge in [0.15, 0.2) is 0 Å². The average Bonchev–Trinajstić information content (AvgIpc) is 2.98. The zero-order valence-electron chi connectivity index (χ0n) is 12.7. The molecule has 1 aromatic heterocycles. The monoisotopic (exact) mass is 418 g/mol. The van der Waals surface area contributed by atoms with Crippen molar-refractivity contribution >= 4 is 38.9 Å². The van der Waals surface area contributed by atoms with Crippen molar-refractivity contribution in [3.63, 3.8) is 0 Å². The molecule has 6 nitrogen and oxygen atoms in total. The van der Waals surface area contributed by atoms with Crippen LogP contribution in [0.2, 0.25) is 0 Å². The molecule has 0 aliphatic heterocycles. The summed E-state index contributed by atoms with van der Waals surface area (Å²) in [5.41, 5.74) is 2.15. The molecule has 3 rings (SSSR count). The standard InChI is InChI=1S/C17H11BrN2O4S/c18-12-5-1-10(2-6-12)16-14(9-15(21)22)25-17(19-16)11-3-7-13(8-4-11)20(23)24/h1-8H,9H2,(H,21,22). The number of carboxylic acids is 1. The lowest BCUT2D eigenvalue weighted by Crippen LogP contribution is -1.99. The van der Waals surface area contributed by atoms with Crippen LogP contribution in [-0.4, -0.2) is 21.0 Å². The maximum atomic E-state index is 11.2. The topological polar surface area (TPSA) is 93.3 Å². The summed E-state index contributed by atoms with van der Waals surface area (Å²) in [6, 6.07) is 13.5. The van der Waals surface area contributed by atoms with E-state index < -0.39 is 10.9 Å². The molecule has 1 N–H and O–H groups in total. The third-order valence-corrected chi connectivity index (χ3v) is 5.08. The van der Waals surface area contributed by atoms with Crippen molar-refractivity contribution in [2.24, 2.45) is 0 Å². The van der Waals surface area contributed by atoms with Gasteiger partial charge in [-0.05, 0) is 24.3 Å². The van der Waals surface area contributed by atoms with E-state index in [4.69, 9.17) is 5.11 Å². The van der Waals surface area contributed by atoms with Gasteiger partial charge < -0.3 is 5.11 Å². The highest BCUT2D eigenvalue weighted by Gasteiger charge is 2.17. The van der Waals surface area contributed by atoms with Crippen LogP contribution in [0.5, 0.6) is 0 Å². The molecule has 2 aromatic carbocycles. The Labute approximate surface area is 155 Å².